The third kappa shape index (κ3) is 3.01. The number of oxazole rings is 1. The number of likely N-dealkylation sites (tertiary alicyclic amines) is 1. The van der Waals surface area contributed by atoms with Crippen LogP contribution < -0.4 is 0 Å². The van der Waals surface area contributed by atoms with Crippen molar-refractivity contribution in [3.63, 3.8) is 0 Å². The minimum Gasteiger partial charge on any atom is -0.444 e. The van der Waals surface area contributed by atoms with E-state index in [2.05, 4.69) is 4.98 Å². The molecule has 23 heavy (non-hydrogen) atoms. The van der Waals surface area contributed by atoms with Crippen molar-refractivity contribution < 1.29 is 18.3 Å². The van der Waals surface area contributed by atoms with Crippen LogP contribution in [-0.4, -0.2) is 27.6 Å². The number of hydrogen-bond donors (Lipinski definition) is 1. The van der Waals surface area contributed by atoms with Gasteiger partial charge in [-0.3, -0.25) is 4.90 Å². The molecule has 1 saturated carbocycles. The van der Waals surface area contributed by atoms with Gasteiger partial charge in [-0.25, -0.2) is 13.8 Å². The molecule has 1 saturated heterocycles. The van der Waals surface area contributed by atoms with Gasteiger partial charge in [-0.1, -0.05) is 6.07 Å². The SMILES string of the molecule is O[C@H]1C[C@@H](c2ccc(F)c(F)c2)N(Cc2ncc(C3CC3)o2)C1. The molecule has 2 fully saturated rings. The van der Waals surface area contributed by atoms with E-state index >= 15 is 0 Å². The highest BCUT2D eigenvalue weighted by molar-refractivity contribution is 5.23. The van der Waals surface area contributed by atoms with Crippen LogP contribution in [0.1, 0.15) is 48.4 Å². The van der Waals surface area contributed by atoms with Crippen molar-refractivity contribution in [2.75, 3.05) is 6.54 Å². The Bertz CT molecular complexity index is 714. The molecule has 6 heteroatoms. The van der Waals surface area contributed by atoms with Gasteiger partial charge in [-0.15, -0.1) is 0 Å². The number of β-amino-alcohol motifs (C(OH)–C–C–N with tert-alkyl or cyclic N) is 1. The van der Waals surface area contributed by atoms with Gasteiger partial charge >= 0.3 is 0 Å². The second kappa shape index (κ2) is 5.69. The molecule has 122 valence electrons. The summed E-state index contributed by atoms with van der Waals surface area (Å²) in [4.78, 5) is 6.30. The molecule has 2 atom stereocenters. The fraction of sp³-hybridized carbons (Fsp3) is 0.471. The molecule has 0 amide bonds. The van der Waals surface area contributed by atoms with Crippen LogP contribution >= 0.6 is 0 Å². The molecule has 1 aliphatic carbocycles. The Hall–Kier alpha value is -1.79. The molecule has 0 bridgehead atoms. The smallest absolute Gasteiger partial charge is 0.208 e. The lowest BCUT2D eigenvalue weighted by Crippen LogP contribution is -2.24. The number of nitrogens with zero attached hydrogens (tertiary/aromatic N) is 2. The van der Waals surface area contributed by atoms with Crippen LogP contribution in [0.2, 0.25) is 0 Å². The lowest BCUT2D eigenvalue weighted by atomic mass is 10.0. The Morgan fingerprint density at radius 2 is 2.09 bits per heavy atom. The first kappa shape index (κ1) is 14.8. The van der Waals surface area contributed by atoms with E-state index in [4.69, 9.17) is 4.42 Å². The second-order valence-electron chi connectivity index (χ2n) is 6.44. The van der Waals surface area contributed by atoms with Crippen molar-refractivity contribution in [3.8, 4) is 0 Å². The summed E-state index contributed by atoms with van der Waals surface area (Å²) < 4.78 is 32.4. The lowest BCUT2D eigenvalue weighted by molar-refractivity contribution is 0.166. The Morgan fingerprint density at radius 3 is 2.83 bits per heavy atom. The van der Waals surface area contributed by atoms with Crippen LogP contribution in [0.4, 0.5) is 8.78 Å². The van der Waals surface area contributed by atoms with Crippen molar-refractivity contribution in [3.05, 3.63) is 53.2 Å². The molecule has 1 N–H and O–H groups in total. The summed E-state index contributed by atoms with van der Waals surface area (Å²) in [6.07, 6.45) is 4.06. The molecule has 2 aliphatic rings. The number of aromatic nitrogens is 1. The Kier molecular flexibility index (Phi) is 3.66. The van der Waals surface area contributed by atoms with Gasteiger partial charge in [0.2, 0.25) is 5.89 Å². The zero-order chi connectivity index (χ0) is 16.0. The topological polar surface area (TPSA) is 49.5 Å². The molecule has 4 nitrogen and oxygen atoms in total. The van der Waals surface area contributed by atoms with Gasteiger partial charge in [0.15, 0.2) is 11.6 Å². The van der Waals surface area contributed by atoms with Gasteiger partial charge in [0.05, 0.1) is 18.8 Å². The van der Waals surface area contributed by atoms with E-state index in [1.165, 1.54) is 6.07 Å². The first-order chi connectivity index (χ1) is 11.1. The Morgan fingerprint density at radius 1 is 1.26 bits per heavy atom. The van der Waals surface area contributed by atoms with Crippen LogP contribution in [0.5, 0.6) is 0 Å². The monoisotopic (exact) mass is 320 g/mol. The van der Waals surface area contributed by atoms with Crippen molar-refractivity contribution >= 4 is 0 Å². The highest BCUT2D eigenvalue weighted by Gasteiger charge is 2.34. The normalized spacial score (nSPS) is 25.2. The summed E-state index contributed by atoms with van der Waals surface area (Å²) in [5, 5.41) is 9.98. The molecular formula is C17H18F2N2O2. The number of aliphatic hydroxyl groups excluding tert-OH is 1. The van der Waals surface area contributed by atoms with Gasteiger partial charge in [0.1, 0.15) is 5.76 Å². The van der Waals surface area contributed by atoms with Crippen molar-refractivity contribution in [1.29, 1.82) is 0 Å². The number of benzene rings is 1. The van der Waals surface area contributed by atoms with E-state index in [0.717, 1.165) is 24.7 Å². The number of halogens is 2. The fourth-order valence-corrected chi connectivity index (χ4v) is 3.25. The number of hydrogen-bond acceptors (Lipinski definition) is 4. The Labute approximate surface area is 132 Å². The number of rotatable bonds is 4. The molecule has 1 aromatic heterocycles. The van der Waals surface area contributed by atoms with E-state index in [0.29, 0.717) is 36.9 Å². The maximum absolute atomic E-state index is 13.5. The first-order valence-corrected chi connectivity index (χ1v) is 7.92. The minimum absolute atomic E-state index is 0.170. The van der Waals surface area contributed by atoms with Crippen LogP contribution in [0.25, 0.3) is 0 Å². The molecule has 0 radical (unpaired) electrons. The highest BCUT2D eigenvalue weighted by atomic mass is 19.2. The fourth-order valence-electron chi connectivity index (χ4n) is 3.25. The predicted molar refractivity (Wildman–Crippen MR) is 78.6 cm³/mol. The van der Waals surface area contributed by atoms with E-state index in [1.54, 1.807) is 12.3 Å². The third-order valence-corrected chi connectivity index (χ3v) is 4.60. The lowest BCUT2D eigenvalue weighted by Gasteiger charge is -2.23. The van der Waals surface area contributed by atoms with E-state index in [-0.39, 0.29) is 6.04 Å². The molecule has 1 aromatic carbocycles. The van der Waals surface area contributed by atoms with Crippen LogP contribution in [0, 0.1) is 11.6 Å². The molecule has 0 spiro atoms. The molecular weight excluding hydrogens is 302 g/mol. The Balaban J connectivity index is 1.53. The third-order valence-electron chi connectivity index (χ3n) is 4.60. The van der Waals surface area contributed by atoms with Crippen molar-refractivity contribution in [1.82, 2.24) is 9.88 Å². The van der Waals surface area contributed by atoms with Gasteiger partial charge in [0, 0.05) is 18.5 Å². The summed E-state index contributed by atoms with van der Waals surface area (Å²) in [6, 6.07) is 3.73. The van der Waals surface area contributed by atoms with Crippen LogP contribution in [0.15, 0.2) is 28.8 Å². The summed E-state index contributed by atoms with van der Waals surface area (Å²) >= 11 is 0. The summed E-state index contributed by atoms with van der Waals surface area (Å²) in [6.45, 7) is 0.915. The predicted octanol–water partition coefficient (Wildman–Crippen LogP) is 3.14. The number of aliphatic hydroxyl groups is 1. The zero-order valence-electron chi connectivity index (χ0n) is 12.6. The summed E-state index contributed by atoms with van der Waals surface area (Å²) in [5.41, 5.74) is 0.662. The largest absolute Gasteiger partial charge is 0.444 e. The quantitative estimate of drug-likeness (QED) is 0.940. The molecule has 0 unspecified atom stereocenters. The summed E-state index contributed by atoms with van der Waals surface area (Å²) in [5.74, 6) is 0.303. The van der Waals surface area contributed by atoms with E-state index in [9.17, 15) is 13.9 Å². The van der Waals surface area contributed by atoms with Crippen LogP contribution in [-0.2, 0) is 6.54 Å². The standard InChI is InChI=1S/C17H18F2N2O2/c18-13-4-3-11(5-14(13)19)15-6-12(22)8-21(15)9-17-20-7-16(23-17)10-1-2-10/h3-5,7,10,12,15,22H,1-2,6,8-9H2/t12-,15-/m0/s1. The molecule has 1 aliphatic heterocycles. The van der Waals surface area contributed by atoms with E-state index in [1.807, 2.05) is 4.90 Å². The van der Waals surface area contributed by atoms with E-state index < -0.39 is 17.7 Å². The van der Waals surface area contributed by atoms with Crippen molar-refractivity contribution in [2.45, 2.75) is 43.9 Å². The van der Waals surface area contributed by atoms with Gasteiger partial charge in [0.25, 0.3) is 0 Å². The molecule has 4 rings (SSSR count). The van der Waals surface area contributed by atoms with Gasteiger partial charge in [-0.05, 0) is 37.0 Å². The average Bonchev–Trinajstić information content (AvgIpc) is 3.16. The maximum Gasteiger partial charge on any atom is 0.208 e. The average molecular weight is 320 g/mol. The van der Waals surface area contributed by atoms with Gasteiger partial charge < -0.3 is 9.52 Å². The van der Waals surface area contributed by atoms with Crippen LogP contribution in [0.3, 0.4) is 0 Å². The maximum atomic E-state index is 13.5. The molecule has 2 heterocycles. The first-order valence-electron chi connectivity index (χ1n) is 7.92. The second-order valence-corrected chi connectivity index (χ2v) is 6.44. The minimum atomic E-state index is -0.865. The summed E-state index contributed by atoms with van der Waals surface area (Å²) in [7, 11) is 0. The highest BCUT2D eigenvalue weighted by Crippen LogP contribution is 2.40. The molecule has 2 aromatic rings. The van der Waals surface area contributed by atoms with Gasteiger partial charge in [-0.2, -0.15) is 0 Å². The van der Waals surface area contributed by atoms with Crippen molar-refractivity contribution in [2.24, 2.45) is 0 Å². The zero-order valence-corrected chi connectivity index (χ0v) is 12.6.